The second-order valence-electron chi connectivity index (χ2n) is 10.8. The normalized spacial score (nSPS) is 11.9. The number of hydrogen-bond donors (Lipinski definition) is 0. The number of benzene rings is 6. The monoisotopic (exact) mass is 570 g/mol. The molecule has 0 aliphatic carbocycles. The Bertz CT molecular complexity index is 2700. The molecular formula is C38H22N2O2S. The van der Waals surface area contributed by atoms with Crippen molar-refractivity contribution in [2.75, 3.05) is 0 Å². The third kappa shape index (κ3) is 3.37. The van der Waals surface area contributed by atoms with Crippen molar-refractivity contribution in [2.24, 2.45) is 0 Å². The molecule has 5 heteroatoms. The largest absolute Gasteiger partial charge is 0.309 e. The summed E-state index contributed by atoms with van der Waals surface area (Å²) in [7, 11) is 0. The van der Waals surface area contributed by atoms with Gasteiger partial charge in [0.15, 0.2) is 0 Å². The molecule has 0 N–H and O–H groups in total. The average Bonchev–Trinajstić information content (AvgIpc) is 3.57. The first kappa shape index (κ1) is 24.1. The fraction of sp³-hybridized carbons (Fsp3) is 0. The summed E-state index contributed by atoms with van der Waals surface area (Å²) in [4.78, 5) is 29.4. The molecule has 3 aromatic heterocycles. The topological polar surface area (TPSA) is 44.0 Å². The van der Waals surface area contributed by atoms with Gasteiger partial charge in [0.1, 0.15) is 0 Å². The maximum absolute atomic E-state index is 14.9. The van der Waals surface area contributed by atoms with E-state index in [0.717, 1.165) is 53.7 Å². The highest BCUT2D eigenvalue weighted by molar-refractivity contribution is 7.25. The zero-order valence-electron chi connectivity index (χ0n) is 22.8. The van der Waals surface area contributed by atoms with E-state index in [1.165, 1.54) is 9.27 Å². The number of fused-ring (bicyclic) bond motifs is 10. The van der Waals surface area contributed by atoms with Crippen LogP contribution in [0.4, 0.5) is 0 Å². The van der Waals surface area contributed by atoms with Gasteiger partial charge < -0.3 is 4.57 Å². The Morgan fingerprint density at radius 1 is 0.395 bits per heavy atom. The molecule has 0 bridgehead atoms. The SMILES string of the molecule is O=c1c2cc3c(cc2c2ccc4c(c5ccccc5n4-c4ccccc4)c2c(=O)n1-c1ccccc1)sc1ccccc13. The minimum atomic E-state index is -0.322. The third-order valence-corrected chi connectivity index (χ3v) is 9.66. The van der Waals surface area contributed by atoms with Crippen molar-refractivity contribution in [2.45, 2.75) is 0 Å². The van der Waals surface area contributed by atoms with Gasteiger partial charge in [-0.1, -0.05) is 78.9 Å². The average molecular weight is 571 g/mol. The van der Waals surface area contributed by atoms with E-state index in [4.69, 9.17) is 0 Å². The van der Waals surface area contributed by atoms with E-state index in [9.17, 15) is 9.59 Å². The van der Waals surface area contributed by atoms with Crippen LogP contribution in [0.3, 0.4) is 0 Å². The van der Waals surface area contributed by atoms with Crippen LogP contribution in [0.1, 0.15) is 0 Å². The van der Waals surface area contributed by atoms with Crippen LogP contribution in [-0.2, 0) is 0 Å². The fourth-order valence-corrected chi connectivity index (χ4v) is 7.80. The summed E-state index contributed by atoms with van der Waals surface area (Å²) in [6.45, 7) is 0. The third-order valence-electron chi connectivity index (χ3n) is 8.52. The summed E-state index contributed by atoms with van der Waals surface area (Å²) in [5, 5.41) is 6.58. The molecule has 6 aromatic carbocycles. The molecule has 0 unspecified atom stereocenters. The standard InChI is InChI=1S/C38H22N2O2S/c41-37-30-21-29-25-15-8-10-18-33(25)43-34(29)22-28(30)26-19-20-32-35(36(26)38(42)40(37)24-13-5-2-6-14-24)27-16-7-9-17-31(27)39(32)23-11-3-1-4-12-23/h1-22H. The van der Waals surface area contributed by atoms with E-state index in [-0.39, 0.29) is 11.1 Å². The number of hydrogen-bond acceptors (Lipinski definition) is 3. The smallest absolute Gasteiger partial charge is 0.266 e. The molecule has 0 fully saturated rings. The lowest BCUT2D eigenvalue weighted by Crippen LogP contribution is -2.28. The molecule has 0 saturated heterocycles. The first-order chi connectivity index (χ1) is 21.2. The Balaban J connectivity index is 1.59. The highest BCUT2D eigenvalue weighted by Crippen LogP contribution is 2.40. The minimum absolute atomic E-state index is 0.320. The maximum atomic E-state index is 14.9. The first-order valence-corrected chi connectivity index (χ1v) is 15.0. The Hall–Kier alpha value is -5.52. The number of rotatable bonds is 2. The van der Waals surface area contributed by atoms with Crippen LogP contribution in [-0.4, -0.2) is 9.13 Å². The molecule has 3 heterocycles. The zero-order valence-corrected chi connectivity index (χ0v) is 23.6. The van der Waals surface area contributed by atoms with Gasteiger partial charge >= 0.3 is 0 Å². The van der Waals surface area contributed by atoms with Crippen LogP contribution in [0.5, 0.6) is 0 Å². The molecule has 0 spiro atoms. The van der Waals surface area contributed by atoms with Gasteiger partial charge in [-0.25, -0.2) is 4.57 Å². The van der Waals surface area contributed by atoms with Crippen LogP contribution >= 0.6 is 11.3 Å². The molecule has 0 aliphatic rings. The number of aromatic nitrogens is 2. The van der Waals surface area contributed by atoms with E-state index in [2.05, 4.69) is 53.1 Å². The van der Waals surface area contributed by atoms with E-state index in [1.54, 1.807) is 11.3 Å². The Morgan fingerprint density at radius 3 is 1.81 bits per heavy atom. The van der Waals surface area contributed by atoms with Gasteiger partial charge in [-0.2, -0.15) is 0 Å². The summed E-state index contributed by atoms with van der Waals surface area (Å²) in [5.74, 6) is 0. The highest BCUT2D eigenvalue weighted by atomic mass is 32.1. The van der Waals surface area contributed by atoms with Crippen molar-refractivity contribution >= 4 is 74.9 Å². The summed E-state index contributed by atoms with van der Waals surface area (Å²) >= 11 is 1.71. The molecule has 0 amide bonds. The van der Waals surface area contributed by atoms with Crippen LogP contribution in [0, 0.1) is 0 Å². The Labute approximate surface area is 248 Å². The number of nitrogens with zero attached hydrogens (tertiary/aromatic N) is 2. The molecule has 0 atom stereocenters. The van der Waals surface area contributed by atoms with Crippen molar-refractivity contribution < 1.29 is 0 Å². The lowest BCUT2D eigenvalue weighted by Gasteiger charge is -2.07. The molecule has 0 radical (unpaired) electrons. The predicted octanol–water partition coefficient (Wildman–Crippen LogP) is 8.97. The number of para-hydroxylation sites is 3. The Kier molecular flexibility index (Phi) is 5.04. The fourth-order valence-electron chi connectivity index (χ4n) is 6.67. The molecule has 43 heavy (non-hydrogen) atoms. The van der Waals surface area contributed by atoms with Gasteiger partial charge in [-0.15, -0.1) is 11.3 Å². The molecule has 0 saturated carbocycles. The summed E-state index contributed by atoms with van der Waals surface area (Å²) in [6.07, 6.45) is 0. The molecule has 4 nitrogen and oxygen atoms in total. The predicted molar refractivity (Wildman–Crippen MR) is 181 cm³/mol. The van der Waals surface area contributed by atoms with Crippen molar-refractivity contribution in [3.05, 3.63) is 154 Å². The van der Waals surface area contributed by atoms with E-state index in [0.29, 0.717) is 16.5 Å². The highest BCUT2D eigenvalue weighted by Gasteiger charge is 2.21. The first-order valence-electron chi connectivity index (χ1n) is 14.2. The molecular weight excluding hydrogens is 548 g/mol. The van der Waals surface area contributed by atoms with Gasteiger partial charge in [-0.05, 0) is 65.4 Å². The second kappa shape index (κ2) is 8.99. The van der Waals surface area contributed by atoms with Gasteiger partial charge in [-0.3, -0.25) is 9.59 Å². The molecule has 9 aromatic rings. The Morgan fingerprint density at radius 2 is 1.05 bits per heavy atom. The molecule has 0 aliphatic heterocycles. The zero-order chi connectivity index (χ0) is 28.7. The maximum Gasteiger partial charge on any atom is 0.266 e. The lowest BCUT2D eigenvalue weighted by atomic mass is 10.0. The van der Waals surface area contributed by atoms with E-state index >= 15 is 0 Å². The van der Waals surface area contributed by atoms with Crippen LogP contribution in [0.15, 0.2) is 143 Å². The van der Waals surface area contributed by atoms with Crippen molar-refractivity contribution in [1.29, 1.82) is 0 Å². The minimum Gasteiger partial charge on any atom is -0.309 e. The summed E-state index contributed by atoms with van der Waals surface area (Å²) in [5.41, 5.74) is 2.85. The second-order valence-corrected chi connectivity index (χ2v) is 11.9. The summed E-state index contributed by atoms with van der Waals surface area (Å²) < 4.78 is 5.82. The number of thiophene rings is 1. The van der Waals surface area contributed by atoms with Crippen LogP contribution in [0.2, 0.25) is 0 Å². The van der Waals surface area contributed by atoms with Gasteiger partial charge in [0.05, 0.1) is 22.1 Å². The van der Waals surface area contributed by atoms with Crippen molar-refractivity contribution in [3.8, 4) is 11.4 Å². The van der Waals surface area contributed by atoms with Crippen LogP contribution in [0.25, 0.3) is 74.9 Å². The summed E-state index contributed by atoms with van der Waals surface area (Å²) in [6, 6.07) is 44.1. The lowest BCUT2D eigenvalue weighted by molar-refractivity contribution is 0.977. The van der Waals surface area contributed by atoms with Crippen molar-refractivity contribution in [1.82, 2.24) is 9.13 Å². The van der Waals surface area contributed by atoms with Crippen molar-refractivity contribution in [3.63, 3.8) is 0 Å². The van der Waals surface area contributed by atoms with Gasteiger partial charge in [0, 0.05) is 42.0 Å². The quantitative estimate of drug-likeness (QED) is 0.208. The van der Waals surface area contributed by atoms with Crippen LogP contribution < -0.4 is 11.1 Å². The van der Waals surface area contributed by atoms with E-state index in [1.807, 2.05) is 84.9 Å². The van der Waals surface area contributed by atoms with Gasteiger partial charge in [0.2, 0.25) is 0 Å². The molecule has 202 valence electrons. The molecule has 9 rings (SSSR count). The van der Waals surface area contributed by atoms with Gasteiger partial charge in [0.25, 0.3) is 11.1 Å². The van der Waals surface area contributed by atoms with E-state index < -0.39 is 0 Å².